The SMILES string of the molecule is CCNC1CCCN(CCF)C1. The summed E-state index contributed by atoms with van der Waals surface area (Å²) in [6, 6.07) is 0.593. The molecule has 12 heavy (non-hydrogen) atoms. The van der Waals surface area contributed by atoms with Gasteiger partial charge < -0.3 is 5.32 Å². The molecule has 1 rings (SSSR count). The lowest BCUT2D eigenvalue weighted by Crippen LogP contribution is -2.46. The summed E-state index contributed by atoms with van der Waals surface area (Å²) in [7, 11) is 0. The Balaban J connectivity index is 2.20. The zero-order valence-electron chi connectivity index (χ0n) is 7.85. The molecule has 0 aromatic rings. The van der Waals surface area contributed by atoms with Crippen molar-refractivity contribution in [3.63, 3.8) is 0 Å². The summed E-state index contributed by atoms with van der Waals surface area (Å²) in [5.41, 5.74) is 0. The molecule has 0 aliphatic carbocycles. The number of piperidine rings is 1. The largest absolute Gasteiger partial charge is 0.313 e. The molecule has 1 fully saturated rings. The van der Waals surface area contributed by atoms with E-state index in [9.17, 15) is 4.39 Å². The normalized spacial score (nSPS) is 26.0. The molecule has 0 spiro atoms. The van der Waals surface area contributed by atoms with Crippen LogP contribution in [-0.4, -0.2) is 43.8 Å². The van der Waals surface area contributed by atoms with Gasteiger partial charge in [-0.3, -0.25) is 4.90 Å². The molecule has 0 bridgehead atoms. The molecular formula is C9H19FN2. The predicted octanol–water partition coefficient (Wildman–Crippen LogP) is 1.03. The minimum Gasteiger partial charge on any atom is -0.313 e. The van der Waals surface area contributed by atoms with Gasteiger partial charge in [-0.25, -0.2) is 4.39 Å². The van der Waals surface area contributed by atoms with Crippen molar-refractivity contribution < 1.29 is 4.39 Å². The van der Waals surface area contributed by atoms with Gasteiger partial charge in [-0.15, -0.1) is 0 Å². The van der Waals surface area contributed by atoms with Gasteiger partial charge in [0.05, 0.1) is 0 Å². The maximum atomic E-state index is 12.0. The number of likely N-dealkylation sites (tertiary alicyclic amines) is 1. The van der Waals surface area contributed by atoms with Crippen LogP contribution < -0.4 is 5.32 Å². The average molecular weight is 174 g/mol. The maximum Gasteiger partial charge on any atom is 0.102 e. The van der Waals surface area contributed by atoms with Gasteiger partial charge in [0.2, 0.25) is 0 Å². The van der Waals surface area contributed by atoms with Gasteiger partial charge in [0.25, 0.3) is 0 Å². The Bertz CT molecular complexity index is 103. The molecule has 0 aromatic carbocycles. The number of likely N-dealkylation sites (N-methyl/N-ethyl adjacent to an activating group) is 1. The van der Waals surface area contributed by atoms with Crippen LogP contribution in [-0.2, 0) is 0 Å². The standard InChI is InChI=1S/C9H19FN2/c1-2-11-9-4-3-6-12(8-9)7-5-10/h9,11H,2-8H2,1H3. The Kier molecular flexibility index (Phi) is 4.54. The molecule has 0 amide bonds. The van der Waals surface area contributed by atoms with E-state index in [1.807, 2.05) is 0 Å². The van der Waals surface area contributed by atoms with Crippen LogP contribution in [0.15, 0.2) is 0 Å². The monoisotopic (exact) mass is 174 g/mol. The minimum atomic E-state index is -0.209. The number of nitrogens with zero attached hydrogens (tertiary/aromatic N) is 1. The van der Waals surface area contributed by atoms with Crippen LogP contribution in [0.25, 0.3) is 0 Å². The highest BCUT2D eigenvalue weighted by Gasteiger charge is 2.17. The first-order chi connectivity index (χ1) is 5.86. The molecule has 1 heterocycles. The van der Waals surface area contributed by atoms with E-state index in [4.69, 9.17) is 0 Å². The Hall–Kier alpha value is -0.150. The lowest BCUT2D eigenvalue weighted by atomic mass is 10.1. The molecule has 1 aliphatic rings. The molecule has 1 atom stereocenters. The molecule has 0 saturated carbocycles. The second-order valence-corrected chi connectivity index (χ2v) is 3.39. The fourth-order valence-electron chi connectivity index (χ4n) is 1.83. The van der Waals surface area contributed by atoms with Gasteiger partial charge in [-0.05, 0) is 25.9 Å². The van der Waals surface area contributed by atoms with Crippen LogP contribution in [0.1, 0.15) is 19.8 Å². The molecule has 0 radical (unpaired) electrons. The van der Waals surface area contributed by atoms with Gasteiger partial charge in [-0.2, -0.15) is 0 Å². The molecule has 1 N–H and O–H groups in total. The van der Waals surface area contributed by atoms with Crippen LogP contribution in [0.4, 0.5) is 4.39 Å². The summed E-state index contributed by atoms with van der Waals surface area (Å²) >= 11 is 0. The number of nitrogens with one attached hydrogen (secondary N) is 1. The topological polar surface area (TPSA) is 15.3 Å². The van der Waals surface area contributed by atoms with Crippen molar-refractivity contribution in [1.82, 2.24) is 10.2 Å². The van der Waals surface area contributed by atoms with Crippen molar-refractivity contribution in [2.45, 2.75) is 25.8 Å². The fourth-order valence-corrected chi connectivity index (χ4v) is 1.83. The van der Waals surface area contributed by atoms with E-state index in [-0.39, 0.29) is 6.67 Å². The quantitative estimate of drug-likeness (QED) is 0.685. The van der Waals surface area contributed by atoms with E-state index >= 15 is 0 Å². The van der Waals surface area contributed by atoms with Crippen LogP contribution in [0.2, 0.25) is 0 Å². The minimum absolute atomic E-state index is 0.209. The fraction of sp³-hybridized carbons (Fsp3) is 1.00. The highest BCUT2D eigenvalue weighted by atomic mass is 19.1. The van der Waals surface area contributed by atoms with Crippen LogP contribution in [0.3, 0.4) is 0 Å². The zero-order valence-corrected chi connectivity index (χ0v) is 7.85. The van der Waals surface area contributed by atoms with Gasteiger partial charge in [0, 0.05) is 19.1 Å². The van der Waals surface area contributed by atoms with Crippen molar-refractivity contribution in [2.75, 3.05) is 32.9 Å². The maximum absolute atomic E-state index is 12.0. The Labute approximate surface area is 74.1 Å². The summed E-state index contributed by atoms with van der Waals surface area (Å²) in [5, 5.41) is 3.41. The molecule has 72 valence electrons. The zero-order chi connectivity index (χ0) is 8.81. The molecular weight excluding hydrogens is 155 g/mol. The van der Waals surface area contributed by atoms with Crippen molar-refractivity contribution >= 4 is 0 Å². The summed E-state index contributed by atoms with van der Waals surface area (Å²) in [5.74, 6) is 0. The Morgan fingerprint density at radius 3 is 3.08 bits per heavy atom. The van der Waals surface area contributed by atoms with Gasteiger partial charge in [0.15, 0.2) is 0 Å². The van der Waals surface area contributed by atoms with E-state index in [1.54, 1.807) is 0 Å². The van der Waals surface area contributed by atoms with Gasteiger partial charge in [-0.1, -0.05) is 6.92 Å². The highest BCUT2D eigenvalue weighted by Crippen LogP contribution is 2.09. The highest BCUT2D eigenvalue weighted by molar-refractivity contribution is 4.77. The van der Waals surface area contributed by atoms with E-state index in [0.717, 1.165) is 19.6 Å². The van der Waals surface area contributed by atoms with Crippen LogP contribution in [0, 0.1) is 0 Å². The Morgan fingerprint density at radius 2 is 2.42 bits per heavy atom. The third-order valence-electron chi connectivity index (χ3n) is 2.40. The number of halogens is 1. The second-order valence-electron chi connectivity index (χ2n) is 3.39. The summed E-state index contributed by atoms with van der Waals surface area (Å²) < 4.78 is 12.0. The number of hydrogen-bond donors (Lipinski definition) is 1. The van der Waals surface area contributed by atoms with Crippen LogP contribution in [0.5, 0.6) is 0 Å². The molecule has 1 unspecified atom stereocenters. The third-order valence-corrected chi connectivity index (χ3v) is 2.40. The van der Waals surface area contributed by atoms with Crippen molar-refractivity contribution in [3.05, 3.63) is 0 Å². The predicted molar refractivity (Wildman–Crippen MR) is 49.1 cm³/mol. The van der Waals surface area contributed by atoms with Crippen molar-refractivity contribution in [2.24, 2.45) is 0 Å². The lowest BCUT2D eigenvalue weighted by molar-refractivity contribution is 0.179. The van der Waals surface area contributed by atoms with Crippen molar-refractivity contribution in [1.29, 1.82) is 0 Å². The number of hydrogen-bond acceptors (Lipinski definition) is 2. The lowest BCUT2D eigenvalue weighted by Gasteiger charge is -2.32. The first-order valence-corrected chi connectivity index (χ1v) is 4.88. The Morgan fingerprint density at radius 1 is 1.58 bits per heavy atom. The van der Waals surface area contributed by atoms with E-state index < -0.39 is 0 Å². The first-order valence-electron chi connectivity index (χ1n) is 4.88. The van der Waals surface area contributed by atoms with E-state index in [1.165, 1.54) is 12.8 Å². The van der Waals surface area contributed by atoms with E-state index in [0.29, 0.717) is 12.6 Å². The summed E-state index contributed by atoms with van der Waals surface area (Å²) in [6.07, 6.45) is 2.45. The molecule has 3 heteroatoms. The van der Waals surface area contributed by atoms with Crippen LogP contribution >= 0.6 is 0 Å². The smallest absolute Gasteiger partial charge is 0.102 e. The number of rotatable bonds is 4. The molecule has 2 nitrogen and oxygen atoms in total. The molecule has 1 saturated heterocycles. The molecule has 0 aromatic heterocycles. The second kappa shape index (κ2) is 5.49. The van der Waals surface area contributed by atoms with Gasteiger partial charge in [0.1, 0.15) is 6.67 Å². The summed E-state index contributed by atoms with van der Waals surface area (Å²) in [4.78, 5) is 2.21. The number of alkyl halides is 1. The average Bonchev–Trinajstić information content (AvgIpc) is 2.06. The van der Waals surface area contributed by atoms with Crippen molar-refractivity contribution in [3.8, 4) is 0 Å². The molecule has 1 aliphatic heterocycles. The third kappa shape index (κ3) is 3.07. The van der Waals surface area contributed by atoms with Gasteiger partial charge >= 0.3 is 0 Å². The summed E-state index contributed by atoms with van der Waals surface area (Å²) in [6.45, 7) is 5.65. The first kappa shape index (κ1) is 9.93. The van der Waals surface area contributed by atoms with E-state index in [2.05, 4.69) is 17.1 Å².